The second kappa shape index (κ2) is 10.3. The zero-order valence-corrected chi connectivity index (χ0v) is 15.8. The lowest BCUT2D eigenvalue weighted by Crippen LogP contribution is -2.33. The Morgan fingerprint density at radius 1 is 1.19 bits per heavy atom. The van der Waals surface area contributed by atoms with Gasteiger partial charge in [-0.3, -0.25) is 14.5 Å². The molecule has 0 unspecified atom stereocenters. The minimum atomic E-state index is -0.333. The number of imide groups is 1. The van der Waals surface area contributed by atoms with E-state index in [1.54, 1.807) is 38.1 Å². The third-order valence-corrected chi connectivity index (χ3v) is 3.70. The van der Waals surface area contributed by atoms with Crippen LogP contribution in [-0.2, 0) is 9.59 Å². The molecule has 4 nitrogen and oxygen atoms in total. The van der Waals surface area contributed by atoms with Crippen LogP contribution in [0.4, 0.5) is 4.39 Å². The maximum atomic E-state index is 13.2. The van der Waals surface area contributed by atoms with Gasteiger partial charge < -0.3 is 4.74 Å². The van der Waals surface area contributed by atoms with Crippen molar-refractivity contribution in [3.63, 3.8) is 0 Å². The van der Waals surface area contributed by atoms with Crippen molar-refractivity contribution in [1.82, 2.24) is 4.90 Å². The number of allylic oxidation sites excluding steroid dienone is 1. The molecule has 0 aliphatic carbocycles. The number of amides is 2. The van der Waals surface area contributed by atoms with Gasteiger partial charge in [0.1, 0.15) is 11.6 Å². The summed E-state index contributed by atoms with van der Waals surface area (Å²) >= 11 is 0. The quantitative estimate of drug-likeness (QED) is 0.537. The SMILES string of the molecule is C=CC1=C(/C=C\C)C(=O)N(CCCOc2ccc(F)c(C)c2)C1=O.CC. The van der Waals surface area contributed by atoms with Gasteiger partial charge in [-0.15, -0.1) is 0 Å². The Balaban J connectivity index is 0.00000163. The number of ether oxygens (including phenoxy) is 1. The summed E-state index contributed by atoms with van der Waals surface area (Å²) in [6.45, 7) is 11.6. The van der Waals surface area contributed by atoms with Crippen molar-refractivity contribution in [1.29, 1.82) is 0 Å². The molecule has 2 rings (SSSR count). The number of halogens is 1. The molecule has 5 heteroatoms. The lowest BCUT2D eigenvalue weighted by atomic mass is 10.1. The maximum Gasteiger partial charge on any atom is 0.261 e. The fourth-order valence-electron chi connectivity index (χ4n) is 2.46. The van der Waals surface area contributed by atoms with Gasteiger partial charge in [0.2, 0.25) is 0 Å². The summed E-state index contributed by atoms with van der Waals surface area (Å²) in [4.78, 5) is 25.7. The van der Waals surface area contributed by atoms with E-state index in [0.717, 1.165) is 0 Å². The Kier molecular flexibility index (Phi) is 8.49. The van der Waals surface area contributed by atoms with Gasteiger partial charge in [0.15, 0.2) is 0 Å². The second-order valence-electron chi connectivity index (χ2n) is 5.41. The lowest BCUT2D eigenvalue weighted by molar-refractivity contribution is -0.137. The van der Waals surface area contributed by atoms with Crippen molar-refractivity contribution in [3.8, 4) is 5.75 Å². The molecule has 0 fully saturated rings. The first-order chi connectivity index (χ1) is 12.5. The first-order valence-electron chi connectivity index (χ1n) is 8.74. The number of carbonyl (C=O) groups excluding carboxylic acids is 2. The molecule has 1 aliphatic rings. The van der Waals surface area contributed by atoms with E-state index >= 15 is 0 Å². The van der Waals surface area contributed by atoms with E-state index in [9.17, 15) is 14.0 Å². The zero-order valence-electron chi connectivity index (χ0n) is 15.8. The minimum absolute atomic E-state index is 0.260. The topological polar surface area (TPSA) is 46.6 Å². The Hall–Kier alpha value is -2.69. The van der Waals surface area contributed by atoms with Crippen LogP contribution in [-0.4, -0.2) is 29.9 Å². The highest BCUT2D eigenvalue weighted by atomic mass is 19.1. The van der Waals surface area contributed by atoms with Crippen molar-refractivity contribution in [3.05, 3.63) is 65.5 Å². The standard InChI is InChI=1S/C19H20FNO3.C2H6/c1-4-7-16-15(5-2)18(22)21(19(16)23)10-6-11-24-14-8-9-17(20)13(3)12-14;1-2/h4-5,7-9,12H,2,6,10-11H2,1,3H3;1-2H3/b7-4-;. The van der Waals surface area contributed by atoms with Gasteiger partial charge >= 0.3 is 0 Å². The molecule has 26 heavy (non-hydrogen) atoms. The number of nitrogens with zero attached hydrogens (tertiary/aromatic N) is 1. The number of hydrogen-bond acceptors (Lipinski definition) is 3. The molecule has 0 saturated carbocycles. The number of carbonyl (C=O) groups is 2. The highest BCUT2D eigenvalue weighted by molar-refractivity contribution is 6.21. The van der Waals surface area contributed by atoms with Gasteiger partial charge in [-0.05, 0) is 44.0 Å². The van der Waals surface area contributed by atoms with Gasteiger partial charge in [0.05, 0.1) is 17.8 Å². The molecule has 0 spiro atoms. The maximum absolute atomic E-state index is 13.2. The summed E-state index contributed by atoms with van der Waals surface area (Å²) in [5, 5.41) is 0. The van der Waals surface area contributed by atoms with E-state index in [-0.39, 0.29) is 24.2 Å². The van der Waals surface area contributed by atoms with Crippen LogP contribution in [0.25, 0.3) is 0 Å². The zero-order chi connectivity index (χ0) is 19.7. The van der Waals surface area contributed by atoms with Crippen molar-refractivity contribution >= 4 is 11.8 Å². The summed E-state index contributed by atoms with van der Waals surface area (Å²) < 4.78 is 18.7. The summed E-state index contributed by atoms with van der Waals surface area (Å²) in [6, 6.07) is 4.51. The van der Waals surface area contributed by atoms with Crippen LogP contribution in [0.5, 0.6) is 5.75 Å². The molecule has 1 heterocycles. The summed E-state index contributed by atoms with van der Waals surface area (Å²) in [5.41, 5.74) is 1.20. The molecular weight excluding hydrogens is 333 g/mol. The Morgan fingerprint density at radius 3 is 2.42 bits per heavy atom. The van der Waals surface area contributed by atoms with Crippen LogP contribution in [0.2, 0.25) is 0 Å². The third kappa shape index (κ3) is 4.91. The highest BCUT2D eigenvalue weighted by Crippen LogP contribution is 2.23. The molecule has 140 valence electrons. The van der Waals surface area contributed by atoms with Crippen LogP contribution < -0.4 is 4.74 Å². The first-order valence-corrected chi connectivity index (χ1v) is 8.74. The Labute approximate surface area is 154 Å². The van der Waals surface area contributed by atoms with Crippen molar-refractivity contribution < 1.29 is 18.7 Å². The number of benzene rings is 1. The van der Waals surface area contributed by atoms with E-state index in [2.05, 4.69) is 6.58 Å². The predicted octanol–water partition coefficient (Wildman–Crippen LogP) is 4.36. The Morgan fingerprint density at radius 2 is 1.85 bits per heavy atom. The van der Waals surface area contributed by atoms with Crippen LogP contribution in [0, 0.1) is 12.7 Å². The van der Waals surface area contributed by atoms with E-state index < -0.39 is 0 Å². The van der Waals surface area contributed by atoms with Gasteiger partial charge in [0.25, 0.3) is 11.8 Å². The largest absolute Gasteiger partial charge is 0.494 e. The Bertz CT molecular complexity index is 735. The monoisotopic (exact) mass is 359 g/mol. The van der Waals surface area contributed by atoms with Crippen LogP contribution >= 0.6 is 0 Å². The fraction of sp³-hybridized carbons (Fsp3) is 0.333. The smallest absolute Gasteiger partial charge is 0.261 e. The minimum Gasteiger partial charge on any atom is -0.494 e. The molecule has 0 saturated heterocycles. The van der Waals surface area contributed by atoms with Crippen LogP contribution in [0.1, 0.15) is 32.8 Å². The molecule has 0 N–H and O–H groups in total. The molecule has 0 bridgehead atoms. The van der Waals surface area contributed by atoms with Crippen LogP contribution in [0.3, 0.4) is 0 Å². The molecule has 0 aromatic heterocycles. The molecule has 1 aliphatic heterocycles. The molecule has 2 amide bonds. The first kappa shape index (κ1) is 21.4. The normalized spacial score (nSPS) is 14.0. The molecule has 0 atom stereocenters. The van der Waals surface area contributed by atoms with E-state index in [0.29, 0.717) is 35.5 Å². The van der Waals surface area contributed by atoms with E-state index in [1.165, 1.54) is 17.0 Å². The van der Waals surface area contributed by atoms with Gasteiger partial charge in [-0.25, -0.2) is 4.39 Å². The predicted molar refractivity (Wildman–Crippen MR) is 101 cm³/mol. The van der Waals surface area contributed by atoms with Crippen molar-refractivity contribution in [2.24, 2.45) is 0 Å². The van der Waals surface area contributed by atoms with E-state index in [1.807, 2.05) is 13.8 Å². The fourth-order valence-corrected chi connectivity index (χ4v) is 2.46. The van der Waals surface area contributed by atoms with Gasteiger partial charge in [0, 0.05) is 6.54 Å². The number of aryl methyl sites for hydroxylation is 1. The van der Waals surface area contributed by atoms with Gasteiger partial charge in [-0.2, -0.15) is 0 Å². The summed E-state index contributed by atoms with van der Waals surface area (Å²) in [5.74, 6) is -0.367. The second-order valence-corrected chi connectivity index (χ2v) is 5.41. The molecule has 1 aromatic carbocycles. The summed E-state index contributed by atoms with van der Waals surface area (Å²) in [6.07, 6.45) is 5.23. The number of hydrogen-bond donors (Lipinski definition) is 0. The molecule has 0 radical (unpaired) electrons. The molecular formula is C21H26FNO3. The van der Waals surface area contributed by atoms with Crippen molar-refractivity contribution in [2.75, 3.05) is 13.2 Å². The molecule has 1 aromatic rings. The average Bonchev–Trinajstić information content (AvgIpc) is 2.87. The van der Waals surface area contributed by atoms with Gasteiger partial charge in [-0.1, -0.05) is 38.7 Å². The lowest BCUT2D eigenvalue weighted by Gasteiger charge is -2.15. The average molecular weight is 359 g/mol. The highest BCUT2D eigenvalue weighted by Gasteiger charge is 2.34. The van der Waals surface area contributed by atoms with E-state index in [4.69, 9.17) is 4.74 Å². The number of rotatable bonds is 7. The third-order valence-electron chi connectivity index (χ3n) is 3.70. The van der Waals surface area contributed by atoms with Crippen molar-refractivity contribution in [2.45, 2.75) is 34.1 Å². The van der Waals surface area contributed by atoms with Crippen LogP contribution in [0.15, 0.2) is 54.2 Å². The summed E-state index contributed by atoms with van der Waals surface area (Å²) in [7, 11) is 0.